The van der Waals surface area contributed by atoms with Crippen LogP contribution in [0.15, 0.2) is 33.9 Å². The van der Waals surface area contributed by atoms with E-state index in [0.29, 0.717) is 11.7 Å². The van der Waals surface area contributed by atoms with Crippen LogP contribution in [0.5, 0.6) is 0 Å². The standard InChI is InChI=1S/C17H23N5O2S/c1-4-5-10-22-14(18)13(15(23)20-16(22)24)21(3)17(25)19-12-8-6-11(2)7-9-12/h6-9H,4-5,10,18H2,1-3H3,(H,19,25)(H,20,23,24). The van der Waals surface area contributed by atoms with Crippen LogP contribution >= 0.6 is 12.2 Å². The van der Waals surface area contributed by atoms with E-state index in [1.54, 1.807) is 7.05 Å². The molecular weight excluding hydrogens is 338 g/mol. The van der Waals surface area contributed by atoms with Crippen molar-refractivity contribution in [3.05, 3.63) is 50.7 Å². The molecule has 0 spiro atoms. The number of aromatic amines is 1. The molecule has 0 aliphatic rings. The molecule has 2 aromatic rings. The zero-order valence-electron chi connectivity index (χ0n) is 14.6. The van der Waals surface area contributed by atoms with Crippen LogP contribution < -0.4 is 27.2 Å². The summed E-state index contributed by atoms with van der Waals surface area (Å²) >= 11 is 5.38. The quantitative estimate of drug-likeness (QED) is 0.706. The Morgan fingerprint density at radius 1 is 1.32 bits per heavy atom. The van der Waals surface area contributed by atoms with E-state index in [0.717, 1.165) is 24.1 Å². The third-order valence-electron chi connectivity index (χ3n) is 3.89. The largest absolute Gasteiger partial charge is 0.383 e. The average molecular weight is 361 g/mol. The number of unbranched alkanes of at least 4 members (excludes halogenated alkanes) is 1. The van der Waals surface area contributed by atoms with Gasteiger partial charge in [0.2, 0.25) is 0 Å². The van der Waals surface area contributed by atoms with Crippen molar-refractivity contribution < 1.29 is 0 Å². The summed E-state index contributed by atoms with van der Waals surface area (Å²) in [4.78, 5) is 28.0. The fourth-order valence-electron chi connectivity index (χ4n) is 2.39. The molecule has 0 bridgehead atoms. The third kappa shape index (κ3) is 4.27. The SMILES string of the molecule is CCCCn1c(N)c(N(C)C(=S)Nc2ccc(C)cc2)c(=O)[nH]c1=O. The van der Waals surface area contributed by atoms with Crippen molar-refractivity contribution in [1.82, 2.24) is 9.55 Å². The zero-order chi connectivity index (χ0) is 18.6. The number of aryl methyl sites for hydroxylation is 1. The highest BCUT2D eigenvalue weighted by molar-refractivity contribution is 7.80. The second-order valence-electron chi connectivity index (χ2n) is 5.85. The number of H-pyrrole nitrogens is 1. The van der Waals surface area contributed by atoms with Crippen LogP contribution in [0.1, 0.15) is 25.3 Å². The van der Waals surface area contributed by atoms with Gasteiger partial charge in [0.1, 0.15) is 11.5 Å². The Morgan fingerprint density at radius 3 is 2.56 bits per heavy atom. The first kappa shape index (κ1) is 18.7. The van der Waals surface area contributed by atoms with Crippen LogP contribution in [-0.2, 0) is 6.54 Å². The Morgan fingerprint density at radius 2 is 1.96 bits per heavy atom. The minimum atomic E-state index is -0.564. The fourth-order valence-corrected chi connectivity index (χ4v) is 2.59. The lowest BCUT2D eigenvalue weighted by atomic mass is 10.2. The summed E-state index contributed by atoms with van der Waals surface area (Å²) in [5.74, 6) is 0.109. The molecule has 4 N–H and O–H groups in total. The molecule has 0 aliphatic heterocycles. The summed E-state index contributed by atoms with van der Waals surface area (Å²) in [7, 11) is 1.64. The predicted molar refractivity (Wildman–Crippen MR) is 106 cm³/mol. The van der Waals surface area contributed by atoms with Gasteiger partial charge < -0.3 is 16.0 Å². The molecule has 1 aromatic heterocycles. The topological polar surface area (TPSA) is 96.2 Å². The van der Waals surface area contributed by atoms with E-state index >= 15 is 0 Å². The van der Waals surface area contributed by atoms with Crippen molar-refractivity contribution in [2.24, 2.45) is 0 Å². The number of aromatic nitrogens is 2. The molecule has 0 fully saturated rings. The number of nitrogens with zero attached hydrogens (tertiary/aromatic N) is 2. The Kier molecular flexibility index (Phi) is 5.97. The number of thiocarbonyl (C=S) groups is 1. The normalized spacial score (nSPS) is 10.5. The molecule has 0 saturated heterocycles. The maximum atomic E-state index is 12.3. The van der Waals surface area contributed by atoms with Gasteiger partial charge >= 0.3 is 5.69 Å². The molecule has 1 aromatic carbocycles. The molecule has 134 valence electrons. The van der Waals surface area contributed by atoms with Gasteiger partial charge in [0.05, 0.1) is 0 Å². The lowest BCUT2D eigenvalue weighted by molar-refractivity contribution is 0.605. The minimum Gasteiger partial charge on any atom is -0.383 e. The van der Waals surface area contributed by atoms with Crippen LogP contribution in [0, 0.1) is 6.92 Å². The number of rotatable bonds is 5. The first-order valence-electron chi connectivity index (χ1n) is 8.09. The molecule has 0 unspecified atom stereocenters. The van der Waals surface area contributed by atoms with Gasteiger partial charge in [-0.2, -0.15) is 0 Å². The maximum absolute atomic E-state index is 12.3. The van der Waals surface area contributed by atoms with Gasteiger partial charge in [-0.05, 0) is 37.7 Å². The van der Waals surface area contributed by atoms with E-state index in [4.69, 9.17) is 18.0 Å². The van der Waals surface area contributed by atoms with Crippen molar-refractivity contribution in [1.29, 1.82) is 0 Å². The van der Waals surface area contributed by atoms with Crippen LogP contribution in [-0.4, -0.2) is 21.7 Å². The minimum absolute atomic E-state index is 0.109. The molecular formula is C17H23N5O2S. The monoisotopic (exact) mass is 361 g/mol. The van der Waals surface area contributed by atoms with E-state index in [1.165, 1.54) is 9.47 Å². The lowest BCUT2D eigenvalue weighted by Gasteiger charge is -2.23. The molecule has 7 nitrogen and oxygen atoms in total. The van der Waals surface area contributed by atoms with Gasteiger partial charge in [-0.15, -0.1) is 0 Å². The summed E-state index contributed by atoms with van der Waals surface area (Å²) in [6.07, 6.45) is 1.69. The molecule has 0 radical (unpaired) electrons. The van der Waals surface area contributed by atoms with Crippen molar-refractivity contribution in [3.63, 3.8) is 0 Å². The molecule has 0 amide bonds. The summed E-state index contributed by atoms with van der Waals surface area (Å²) in [6.45, 7) is 4.45. The number of hydrogen-bond donors (Lipinski definition) is 3. The number of nitrogen functional groups attached to an aromatic ring is 1. The van der Waals surface area contributed by atoms with Crippen molar-refractivity contribution in [3.8, 4) is 0 Å². The highest BCUT2D eigenvalue weighted by atomic mass is 32.1. The van der Waals surface area contributed by atoms with Crippen LogP contribution in [0.25, 0.3) is 0 Å². The van der Waals surface area contributed by atoms with Gasteiger partial charge in [-0.3, -0.25) is 14.3 Å². The number of hydrogen-bond acceptors (Lipinski definition) is 4. The van der Waals surface area contributed by atoms with E-state index < -0.39 is 11.2 Å². The summed E-state index contributed by atoms with van der Waals surface area (Å²) in [5, 5.41) is 3.37. The van der Waals surface area contributed by atoms with Crippen molar-refractivity contribution >= 4 is 34.5 Å². The maximum Gasteiger partial charge on any atom is 0.330 e. The van der Waals surface area contributed by atoms with Gasteiger partial charge in [-0.1, -0.05) is 31.0 Å². The van der Waals surface area contributed by atoms with Crippen molar-refractivity contribution in [2.75, 3.05) is 23.0 Å². The second kappa shape index (κ2) is 7.98. The molecule has 0 aliphatic carbocycles. The first-order chi connectivity index (χ1) is 11.8. The second-order valence-corrected chi connectivity index (χ2v) is 6.24. The Balaban J connectivity index is 2.32. The summed E-state index contributed by atoms with van der Waals surface area (Å²) in [5.41, 5.74) is 7.11. The predicted octanol–water partition coefficient (Wildman–Crippen LogP) is 2.06. The summed E-state index contributed by atoms with van der Waals surface area (Å²) < 4.78 is 1.37. The first-order valence-corrected chi connectivity index (χ1v) is 8.50. The molecule has 0 atom stereocenters. The summed E-state index contributed by atoms with van der Waals surface area (Å²) in [6, 6.07) is 7.70. The highest BCUT2D eigenvalue weighted by Gasteiger charge is 2.18. The van der Waals surface area contributed by atoms with Crippen LogP contribution in [0.3, 0.4) is 0 Å². The van der Waals surface area contributed by atoms with E-state index in [1.807, 2.05) is 38.1 Å². The van der Waals surface area contributed by atoms with Gasteiger partial charge in [-0.25, -0.2) is 4.79 Å². The van der Waals surface area contributed by atoms with Crippen molar-refractivity contribution in [2.45, 2.75) is 33.2 Å². The van der Waals surface area contributed by atoms with Gasteiger partial charge in [0.15, 0.2) is 5.11 Å². The molecule has 1 heterocycles. The molecule has 2 rings (SSSR count). The molecule has 0 saturated carbocycles. The highest BCUT2D eigenvalue weighted by Crippen LogP contribution is 2.17. The third-order valence-corrected chi connectivity index (χ3v) is 4.27. The number of nitrogens with two attached hydrogens (primary N) is 1. The Bertz CT molecular complexity index is 870. The van der Waals surface area contributed by atoms with E-state index in [9.17, 15) is 9.59 Å². The van der Waals surface area contributed by atoms with Gasteiger partial charge in [0, 0.05) is 19.3 Å². The van der Waals surface area contributed by atoms with Crippen LogP contribution in [0.4, 0.5) is 17.2 Å². The number of nitrogens with one attached hydrogen (secondary N) is 2. The van der Waals surface area contributed by atoms with E-state index in [2.05, 4.69) is 10.3 Å². The molecule has 8 heteroatoms. The van der Waals surface area contributed by atoms with Gasteiger partial charge in [0.25, 0.3) is 5.56 Å². The number of anilines is 3. The Hall–Kier alpha value is -2.61. The smallest absolute Gasteiger partial charge is 0.330 e. The average Bonchev–Trinajstić information content (AvgIpc) is 2.56. The number of benzene rings is 1. The van der Waals surface area contributed by atoms with Crippen LogP contribution in [0.2, 0.25) is 0 Å². The van der Waals surface area contributed by atoms with E-state index in [-0.39, 0.29) is 11.5 Å². The molecule has 25 heavy (non-hydrogen) atoms. The fraction of sp³-hybridized carbons (Fsp3) is 0.353. The lowest BCUT2D eigenvalue weighted by Crippen LogP contribution is -2.40. The Labute approximate surface area is 151 Å². The zero-order valence-corrected chi connectivity index (χ0v) is 15.4.